The first-order valence-corrected chi connectivity index (χ1v) is 7.96. The number of rotatable bonds is 3. The van der Waals surface area contributed by atoms with Gasteiger partial charge in [0.1, 0.15) is 5.82 Å². The van der Waals surface area contributed by atoms with Crippen LogP contribution in [0.1, 0.15) is 37.1 Å². The first-order valence-electron chi connectivity index (χ1n) is 7.17. The Labute approximate surface area is 128 Å². The molecular formula is C16H20BrN3. The number of hydrogen-bond acceptors (Lipinski definition) is 2. The summed E-state index contributed by atoms with van der Waals surface area (Å²) < 4.78 is 3.20. The number of hydrogen-bond donors (Lipinski definition) is 1. The number of nitrogens with two attached hydrogens (primary N) is 1. The Morgan fingerprint density at radius 1 is 1.35 bits per heavy atom. The summed E-state index contributed by atoms with van der Waals surface area (Å²) in [6.45, 7) is 2.75. The van der Waals surface area contributed by atoms with E-state index in [2.05, 4.69) is 43.7 Å². The molecule has 0 spiro atoms. The first-order chi connectivity index (χ1) is 9.66. The van der Waals surface area contributed by atoms with Gasteiger partial charge in [-0.2, -0.15) is 0 Å². The van der Waals surface area contributed by atoms with Gasteiger partial charge in [0.15, 0.2) is 0 Å². The van der Waals surface area contributed by atoms with Gasteiger partial charge in [-0.3, -0.25) is 0 Å². The lowest BCUT2D eigenvalue weighted by Crippen LogP contribution is -2.32. The maximum absolute atomic E-state index is 6.08. The number of aromatic nitrogens is 2. The van der Waals surface area contributed by atoms with Crippen molar-refractivity contribution in [3.63, 3.8) is 0 Å². The lowest BCUT2D eigenvalue weighted by atomic mass is 9.79. The highest BCUT2D eigenvalue weighted by Gasteiger charge is 2.34. The van der Waals surface area contributed by atoms with Crippen molar-refractivity contribution in [3.8, 4) is 5.69 Å². The Kier molecular flexibility index (Phi) is 3.69. The van der Waals surface area contributed by atoms with Crippen LogP contribution in [-0.2, 0) is 5.41 Å². The molecule has 2 aromatic rings. The minimum atomic E-state index is 0.186. The van der Waals surface area contributed by atoms with Crippen LogP contribution in [0.25, 0.3) is 5.69 Å². The lowest BCUT2D eigenvalue weighted by Gasteiger charge is -2.28. The van der Waals surface area contributed by atoms with E-state index >= 15 is 0 Å². The van der Waals surface area contributed by atoms with Gasteiger partial charge in [-0.1, -0.05) is 18.9 Å². The van der Waals surface area contributed by atoms with Crippen molar-refractivity contribution in [2.24, 2.45) is 5.73 Å². The third kappa shape index (κ3) is 2.21. The lowest BCUT2D eigenvalue weighted by molar-refractivity contribution is 0.453. The zero-order chi connectivity index (χ0) is 14.2. The zero-order valence-corrected chi connectivity index (χ0v) is 13.4. The Morgan fingerprint density at radius 3 is 2.65 bits per heavy atom. The van der Waals surface area contributed by atoms with Gasteiger partial charge in [0.2, 0.25) is 0 Å². The van der Waals surface area contributed by atoms with E-state index in [1.54, 1.807) is 0 Å². The molecule has 0 aliphatic heterocycles. The molecular weight excluding hydrogens is 314 g/mol. The van der Waals surface area contributed by atoms with E-state index in [9.17, 15) is 0 Å². The van der Waals surface area contributed by atoms with Crippen LogP contribution in [0.15, 0.2) is 35.1 Å². The summed E-state index contributed by atoms with van der Waals surface area (Å²) in [7, 11) is 0. The molecule has 1 aromatic carbocycles. The fourth-order valence-electron chi connectivity index (χ4n) is 3.33. The molecule has 20 heavy (non-hydrogen) atoms. The van der Waals surface area contributed by atoms with Crippen LogP contribution in [0, 0.1) is 6.92 Å². The maximum atomic E-state index is 6.08. The molecule has 1 fully saturated rings. The summed E-state index contributed by atoms with van der Waals surface area (Å²) in [6.07, 6.45) is 8.81. The SMILES string of the molecule is Cc1nccn1-c1ccc(C2(CN)CCCC2)cc1Br. The second-order valence-corrected chi connectivity index (χ2v) is 6.56. The van der Waals surface area contributed by atoms with E-state index in [-0.39, 0.29) is 5.41 Å². The van der Waals surface area contributed by atoms with E-state index in [1.165, 1.54) is 31.2 Å². The van der Waals surface area contributed by atoms with Crippen molar-refractivity contribution in [3.05, 3.63) is 46.5 Å². The number of imidazole rings is 1. The van der Waals surface area contributed by atoms with Crippen molar-refractivity contribution in [2.45, 2.75) is 38.0 Å². The van der Waals surface area contributed by atoms with Crippen LogP contribution in [0.5, 0.6) is 0 Å². The molecule has 1 aromatic heterocycles. The van der Waals surface area contributed by atoms with Crippen molar-refractivity contribution >= 4 is 15.9 Å². The van der Waals surface area contributed by atoms with E-state index in [1.807, 2.05) is 19.3 Å². The summed E-state index contributed by atoms with van der Waals surface area (Å²) in [5, 5.41) is 0. The van der Waals surface area contributed by atoms with Gasteiger partial charge in [-0.15, -0.1) is 0 Å². The third-order valence-electron chi connectivity index (χ3n) is 4.60. The predicted octanol–water partition coefficient (Wildman–Crippen LogP) is 3.71. The second kappa shape index (κ2) is 5.34. The Morgan fingerprint density at radius 2 is 2.10 bits per heavy atom. The summed E-state index contributed by atoms with van der Waals surface area (Å²) in [4.78, 5) is 4.29. The number of nitrogens with zero attached hydrogens (tertiary/aromatic N) is 2. The highest BCUT2D eigenvalue weighted by molar-refractivity contribution is 9.10. The monoisotopic (exact) mass is 333 g/mol. The van der Waals surface area contributed by atoms with E-state index in [0.717, 1.165) is 22.5 Å². The van der Waals surface area contributed by atoms with Gasteiger partial charge >= 0.3 is 0 Å². The normalized spacial score (nSPS) is 17.6. The number of halogens is 1. The third-order valence-corrected chi connectivity index (χ3v) is 5.23. The Bertz CT molecular complexity index is 612. The van der Waals surface area contributed by atoms with Gasteiger partial charge in [0, 0.05) is 28.8 Å². The average Bonchev–Trinajstić information content (AvgIpc) is 3.08. The van der Waals surface area contributed by atoms with Crippen LogP contribution in [0.3, 0.4) is 0 Å². The van der Waals surface area contributed by atoms with Crippen LogP contribution in [0.2, 0.25) is 0 Å². The molecule has 2 N–H and O–H groups in total. The van der Waals surface area contributed by atoms with Crippen LogP contribution < -0.4 is 5.73 Å². The molecule has 0 amide bonds. The van der Waals surface area contributed by atoms with Crippen LogP contribution in [0.4, 0.5) is 0 Å². The molecule has 3 nitrogen and oxygen atoms in total. The van der Waals surface area contributed by atoms with Gasteiger partial charge < -0.3 is 10.3 Å². The Balaban J connectivity index is 2.02. The van der Waals surface area contributed by atoms with E-state index in [4.69, 9.17) is 5.73 Å². The standard InChI is InChI=1S/C16H20BrN3/c1-12-19-8-9-20(12)15-5-4-13(10-14(15)17)16(11-18)6-2-3-7-16/h4-5,8-10H,2-3,6-7,11,18H2,1H3. The van der Waals surface area contributed by atoms with E-state index < -0.39 is 0 Å². The Hall–Kier alpha value is -1.13. The highest BCUT2D eigenvalue weighted by atomic mass is 79.9. The topological polar surface area (TPSA) is 43.8 Å². The molecule has 4 heteroatoms. The van der Waals surface area contributed by atoms with E-state index in [0.29, 0.717) is 0 Å². The largest absolute Gasteiger partial charge is 0.330 e. The van der Waals surface area contributed by atoms with Gasteiger partial charge in [-0.25, -0.2) is 4.98 Å². The molecule has 0 radical (unpaired) electrons. The summed E-state index contributed by atoms with van der Waals surface area (Å²) in [5.74, 6) is 0.993. The zero-order valence-electron chi connectivity index (χ0n) is 11.8. The molecule has 0 unspecified atom stereocenters. The van der Waals surface area contributed by atoms with Crippen LogP contribution >= 0.6 is 15.9 Å². The maximum Gasteiger partial charge on any atom is 0.110 e. The quantitative estimate of drug-likeness (QED) is 0.930. The molecule has 0 saturated heterocycles. The molecule has 0 bridgehead atoms. The molecule has 3 rings (SSSR count). The highest BCUT2D eigenvalue weighted by Crippen LogP contribution is 2.41. The molecule has 1 heterocycles. The smallest absolute Gasteiger partial charge is 0.110 e. The van der Waals surface area contributed by atoms with Gasteiger partial charge in [0.05, 0.1) is 5.69 Å². The van der Waals surface area contributed by atoms with Crippen molar-refractivity contribution in [2.75, 3.05) is 6.54 Å². The summed E-state index contributed by atoms with van der Waals surface area (Å²) >= 11 is 3.71. The summed E-state index contributed by atoms with van der Waals surface area (Å²) in [5.41, 5.74) is 8.76. The average molecular weight is 334 g/mol. The van der Waals surface area contributed by atoms with Crippen molar-refractivity contribution in [1.29, 1.82) is 0 Å². The molecule has 1 saturated carbocycles. The second-order valence-electron chi connectivity index (χ2n) is 5.70. The van der Waals surface area contributed by atoms with Gasteiger partial charge in [0.25, 0.3) is 0 Å². The molecule has 1 aliphatic carbocycles. The number of benzene rings is 1. The summed E-state index contributed by atoms with van der Waals surface area (Å²) in [6, 6.07) is 6.65. The fraction of sp³-hybridized carbons (Fsp3) is 0.438. The minimum absolute atomic E-state index is 0.186. The molecule has 0 atom stereocenters. The number of aryl methyl sites for hydroxylation is 1. The molecule has 106 valence electrons. The first kappa shape index (κ1) is 13.8. The van der Waals surface area contributed by atoms with Crippen molar-refractivity contribution < 1.29 is 0 Å². The van der Waals surface area contributed by atoms with Crippen LogP contribution in [-0.4, -0.2) is 16.1 Å². The van der Waals surface area contributed by atoms with Crippen molar-refractivity contribution in [1.82, 2.24) is 9.55 Å². The predicted molar refractivity (Wildman–Crippen MR) is 85.2 cm³/mol. The molecule has 1 aliphatic rings. The fourth-order valence-corrected chi connectivity index (χ4v) is 3.90. The van der Waals surface area contributed by atoms with Gasteiger partial charge in [-0.05, 0) is 53.4 Å². The minimum Gasteiger partial charge on any atom is -0.330 e.